The molecule has 2 fully saturated rings. The molecule has 2 nitrogen and oxygen atoms in total. The third-order valence-electron chi connectivity index (χ3n) is 11.0. The van der Waals surface area contributed by atoms with E-state index in [-0.39, 0.29) is 23.5 Å². The topological polar surface area (TPSA) is 40.5 Å². The molecule has 0 aromatic rings. The van der Waals surface area contributed by atoms with Crippen molar-refractivity contribution in [1.82, 2.24) is 0 Å². The lowest BCUT2D eigenvalue weighted by Crippen LogP contribution is -2.56. The number of hydrogen-bond donors (Lipinski definition) is 2. The Morgan fingerprint density at radius 3 is 2.48 bits per heavy atom. The van der Waals surface area contributed by atoms with E-state index in [0.717, 1.165) is 37.0 Å². The molecule has 0 spiro atoms. The zero-order chi connectivity index (χ0) is 22.6. The molecule has 0 heterocycles. The van der Waals surface area contributed by atoms with Gasteiger partial charge in [0.05, 0.1) is 12.7 Å². The van der Waals surface area contributed by atoms with Gasteiger partial charge in [0.1, 0.15) is 0 Å². The van der Waals surface area contributed by atoms with Gasteiger partial charge in [-0.1, -0.05) is 50.5 Å². The molecule has 0 aromatic heterocycles. The molecule has 31 heavy (non-hydrogen) atoms. The van der Waals surface area contributed by atoms with E-state index in [1.54, 1.807) is 5.57 Å². The lowest BCUT2D eigenvalue weighted by Gasteiger charge is -2.60. The van der Waals surface area contributed by atoms with Crippen molar-refractivity contribution in [3.63, 3.8) is 0 Å². The summed E-state index contributed by atoms with van der Waals surface area (Å²) in [5.41, 5.74) is 5.34. The summed E-state index contributed by atoms with van der Waals surface area (Å²) in [6.45, 7) is 14.3. The maximum absolute atomic E-state index is 10.8. The minimum Gasteiger partial charge on any atom is -0.396 e. The molecule has 8 unspecified atom stereocenters. The summed E-state index contributed by atoms with van der Waals surface area (Å²) in [5.74, 6) is 2.86. The monoisotopic (exact) mass is 428 g/mol. The molecule has 4 rings (SSSR count). The minimum atomic E-state index is -0.357. The van der Waals surface area contributed by atoms with Crippen LogP contribution in [0.4, 0.5) is 0 Å². The third kappa shape index (κ3) is 3.59. The molecular weight excluding hydrogens is 380 g/mol. The number of rotatable bonds is 5. The quantitative estimate of drug-likeness (QED) is 0.460. The highest BCUT2D eigenvalue weighted by atomic mass is 16.3. The molecule has 0 aliphatic heterocycles. The zero-order valence-electron chi connectivity index (χ0n) is 21.1. The maximum atomic E-state index is 10.8. The highest BCUT2D eigenvalue weighted by Crippen LogP contribution is 2.68. The second-order valence-electron chi connectivity index (χ2n) is 12.8. The summed E-state index contributed by atoms with van der Waals surface area (Å²) in [7, 11) is 0. The first kappa shape index (κ1) is 23.6. The predicted octanol–water partition coefficient (Wildman–Crippen LogP) is 7.06. The summed E-state index contributed by atoms with van der Waals surface area (Å²) in [6.07, 6.45) is 14.3. The van der Waals surface area contributed by atoms with Crippen molar-refractivity contribution in [2.75, 3.05) is 6.61 Å². The van der Waals surface area contributed by atoms with Crippen molar-refractivity contribution in [2.24, 2.45) is 39.9 Å². The summed E-state index contributed by atoms with van der Waals surface area (Å²) in [4.78, 5) is 0. The smallest absolute Gasteiger partial charge is 0.0619 e. The Balaban J connectivity index is 1.60. The summed E-state index contributed by atoms with van der Waals surface area (Å²) in [6, 6.07) is 0. The Morgan fingerprint density at radius 1 is 1.06 bits per heavy atom. The predicted molar refractivity (Wildman–Crippen MR) is 130 cm³/mol. The maximum Gasteiger partial charge on any atom is 0.0619 e. The van der Waals surface area contributed by atoms with Crippen LogP contribution in [0.2, 0.25) is 0 Å². The van der Waals surface area contributed by atoms with Crippen molar-refractivity contribution >= 4 is 0 Å². The lowest BCUT2D eigenvalue weighted by molar-refractivity contribution is -0.126. The first-order valence-electron chi connectivity index (χ1n) is 13.2. The normalized spacial score (nSPS) is 45.5. The van der Waals surface area contributed by atoms with E-state index in [4.69, 9.17) is 0 Å². The molecular formula is C29H48O2. The van der Waals surface area contributed by atoms with Crippen LogP contribution in [0.15, 0.2) is 22.8 Å². The van der Waals surface area contributed by atoms with Gasteiger partial charge in [-0.05, 0) is 113 Å². The molecule has 4 aliphatic rings. The fourth-order valence-corrected chi connectivity index (χ4v) is 9.13. The molecule has 0 radical (unpaired) electrons. The molecule has 2 saturated carbocycles. The van der Waals surface area contributed by atoms with E-state index in [0.29, 0.717) is 11.3 Å². The van der Waals surface area contributed by atoms with Gasteiger partial charge in [-0.2, -0.15) is 0 Å². The van der Waals surface area contributed by atoms with Crippen molar-refractivity contribution < 1.29 is 10.2 Å². The van der Waals surface area contributed by atoms with Gasteiger partial charge in [0.25, 0.3) is 0 Å². The lowest BCUT2D eigenvalue weighted by atomic mass is 9.45. The van der Waals surface area contributed by atoms with Crippen LogP contribution < -0.4 is 0 Å². The molecule has 8 atom stereocenters. The van der Waals surface area contributed by atoms with Crippen molar-refractivity contribution in [1.29, 1.82) is 0 Å². The minimum absolute atomic E-state index is 0.115. The average molecular weight is 429 g/mol. The van der Waals surface area contributed by atoms with Crippen LogP contribution in [0.25, 0.3) is 0 Å². The Bertz CT molecular complexity index is 746. The second kappa shape index (κ2) is 8.32. The standard InChI is InChI=1S/C29H48O2/c1-19(2)8-7-9-20(3)22-11-12-23-21-10-13-25-28(5,24(21)14-16-27(22,23)4)17-15-26(31)29(25,6)18-30/h8,20,22-23,25-26,30-31H,7,9-18H2,1-6H3. The zero-order valence-corrected chi connectivity index (χ0v) is 21.1. The average Bonchev–Trinajstić information content (AvgIpc) is 3.08. The van der Waals surface area contributed by atoms with E-state index >= 15 is 0 Å². The SMILES string of the molecule is CC(C)=CCCC(C)C1CCC2C3=C(CCC21C)C1(C)CCC(O)C(C)(CO)C1CC3. The Labute approximate surface area is 191 Å². The Morgan fingerprint density at radius 2 is 1.81 bits per heavy atom. The van der Waals surface area contributed by atoms with Gasteiger partial charge >= 0.3 is 0 Å². The molecule has 2 heteroatoms. The van der Waals surface area contributed by atoms with Crippen molar-refractivity contribution in [3.05, 3.63) is 22.8 Å². The van der Waals surface area contributed by atoms with E-state index in [1.165, 1.54) is 50.5 Å². The highest BCUT2D eigenvalue weighted by molar-refractivity contribution is 5.35. The first-order chi connectivity index (χ1) is 14.6. The molecule has 0 aromatic carbocycles. The first-order valence-corrected chi connectivity index (χ1v) is 13.2. The van der Waals surface area contributed by atoms with Gasteiger partial charge in [0, 0.05) is 5.41 Å². The van der Waals surface area contributed by atoms with E-state index in [2.05, 4.69) is 47.6 Å². The van der Waals surface area contributed by atoms with Gasteiger partial charge in [-0.3, -0.25) is 0 Å². The summed E-state index contributed by atoms with van der Waals surface area (Å²) in [5, 5.41) is 21.1. The van der Waals surface area contributed by atoms with Crippen LogP contribution >= 0.6 is 0 Å². The van der Waals surface area contributed by atoms with Gasteiger partial charge in [-0.25, -0.2) is 0 Å². The fourth-order valence-electron chi connectivity index (χ4n) is 9.13. The van der Waals surface area contributed by atoms with Crippen LogP contribution in [0.1, 0.15) is 106 Å². The van der Waals surface area contributed by atoms with Gasteiger partial charge < -0.3 is 10.2 Å². The van der Waals surface area contributed by atoms with E-state index < -0.39 is 0 Å². The molecule has 4 aliphatic carbocycles. The molecule has 2 N–H and O–H groups in total. The Hall–Kier alpha value is -0.600. The van der Waals surface area contributed by atoms with Crippen LogP contribution in [-0.2, 0) is 0 Å². The molecule has 176 valence electrons. The third-order valence-corrected chi connectivity index (χ3v) is 11.0. The molecule has 0 saturated heterocycles. The number of fused-ring (bicyclic) bond motifs is 4. The Kier molecular flexibility index (Phi) is 6.32. The van der Waals surface area contributed by atoms with E-state index in [1.807, 2.05) is 5.57 Å². The molecule has 0 amide bonds. The number of aliphatic hydroxyl groups excluding tert-OH is 2. The van der Waals surface area contributed by atoms with Gasteiger partial charge in [0.2, 0.25) is 0 Å². The van der Waals surface area contributed by atoms with Crippen LogP contribution in [-0.4, -0.2) is 22.9 Å². The second-order valence-corrected chi connectivity index (χ2v) is 12.8. The summed E-state index contributed by atoms with van der Waals surface area (Å²) >= 11 is 0. The van der Waals surface area contributed by atoms with Crippen LogP contribution in [0, 0.1) is 39.9 Å². The van der Waals surface area contributed by atoms with Crippen molar-refractivity contribution in [2.45, 2.75) is 112 Å². The number of aliphatic hydroxyl groups is 2. The van der Waals surface area contributed by atoms with Crippen molar-refractivity contribution in [3.8, 4) is 0 Å². The number of hydrogen-bond acceptors (Lipinski definition) is 2. The molecule has 0 bridgehead atoms. The highest BCUT2D eigenvalue weighted by Gasteiger charge is 2.60. The van der Waals surface area contributed by atoms with Crippen LogP contribution in [0.3, 0.4) is 0 Å². The summed E-state index contributed by atoms with van der Waals surface area (Å²) < 4.78 is 0. The van der Waals surface area contributed by atoms with Gasteiger partial charge in [0.15, 0.2) is 0 Å². The fraction of sp³-hybridized carbons (Fsp3) is 0.862. The van der Waals surface area contributed by atoms with E-state index in [9.17, 15) is 10.2 Å². The van der Waals surface area contributed by atoms with Gasteiger partial charge in [-0.15, -0.1) is 0 Å². The number of allylic oxidation sites excluding steroid dienone is 4. The van der Waals surface area contributed by atoms with Crippen LogP contribution in [0.5, 0.6) is 0 Å². The largest absolute Gasteiger partial charge is 0.396 e.